The van der Waals surface area contributed by atoms with Gasteiger partial charge < -0.3 is 0 Å². The van der Waals surface area contributed by atoms with Crippen LogP contribution in [-0.2, 0) is 10.0 Å². The first-order chi connectivity index (χ1) is 13.4. The van der Waals surface area contributed by atoms with E-state index in [4.69, 9.17) is 0 Å². The summed E-state index contributed by atoms with van der Waals surface area (Å²) in [6.45, 7) is 2.69. The molecular formula is C20H23N3O4S. The number of rotatable bonds is 4. The van der Waals surface area contributed by atoms with E-state index in [1.165, 1.54) is 16.4 Å². The SMILES string of the molecule is Cc1ccc(C(=O)NNC(=O)c2ccccc2)cc1S(=O)(=O)N1CCCCC1. The Morgan fingerprint density at radius 3 is 2.11 bits per heavy atom. The summed E-state index contributed by atoms with van der Waals surface area (Å²) in [5.74, 6) is -1.04. The van der Waals surface area contributed by atoms with Crippen molar-refractivity contribution in [3.05, 3.63) is 65.2 Å². The predicted octanol–water partition coefficient (Wildman–Crippen LogP) is 2.24. The van der Waals surface area contributed by atoms with Gasteiger partial charge in [0.15, 0.2) is 0 Å². The zero-order valence-corrected chi connectivity index (χ0v) is 16.5. The first kappa shape index (κ1) is 20.0. The fraction of sp³-hybridized carbons (Fsp3) is 0.300. The quantitative estimate of drug-likeness (QED) is 0.768. The largest absolute Gasteiger partial charge is 0.269 e. The van der Waals surface area contributed by atoms with E-state index >= 15 is 0 Å². The van der Waals surface area contributed by atoms with Crippen LogP contribution in [0.4, 0.5) is 0 Å². The van der Waals surface area contributed by atoms with Gasteiger partial charge in [-0.3, -0.25) is 20.4 Å². The Labute approximate surface area is 164 Å². The summed E-state index contributed by atoms with van der Waals surface area (Å²) in [6.07, 6.45) is 2.70. The fourth-order valence-corrected chi connectivity index (χ4v) is 4.88. The van der Waals surface area contributed by atoms with Crippen LogP contribution in [-0.4, -0.2) is 37.6 Å². The first-order valence-corrected chi connectivity index (χ1v) is 10.6. The highest BCUT2D eigenvalue weighted by molar-refractivity contribution is 7.89. The van der Waals surface area contributed by atoms with Crippen LogP contribution >= 0.6 is 0 Å². The van der Waals surface area contributed by atoms with E-state index in [-0.39, 0.29) is 10.5 Å². The van der Waals surface area contributed by atoms with Gasteiger partial charge >= 0.3 is 0 Å². The van der Waals surface area contributed by atoms with Crippen molar-refractivity contribution in [1.82, 2.24) is 15.2 Å². The molecule has 0 unspecified atom stereocenters. The van der Waals surface area contributed by atoms with Crippen molar-refractivity contribution in [2.45, 2.75) is 31.1 Å². The smallest absolute Gasteiger partial charge is 0.267 e. The van der Waals surface area contributed by atoms with Gasteiger partial charge in [-0.05, 0) is 49.6 Å². The molecule has 7 nitrogen and oxygen atoms in total. The highest BCUT2D eigenvalue weighted by Crippen LogP contribution is 2.24. The molecule has 8 heteroatoms. The van der Waals surface area contributed by atoms with Gasteiger partial charge in [0.05, 0.1) is 4.90 Å². The maximum absolute atomic E-state index is 13.0. The molecule has 0 radical (unpaired) electrons. The van der Waals surface area contributed by atoms with Crippen LogP contribution in [0.5, 0.6) is 0 Å². The standard InChI is InChI=1S/C20H23N3O4S/c1-15-10-11-17(14-18(15)28(26,27)23-12-6-3-7-13-23)20(25)22-21-19(24)16-8-4-2-5-9-16/h2,4-5,8-11,14H,3,6-7,12-13H2,1H3,(H,21,24)(H,22,25). The summed E-state index contributed by atoms with van der Waals surface area (Å²) in [4.78, 5) is 24.6. The molecule has 0 bridgehead atoms. The summed E-state index contributed by atoms with van der Waals surface area (Å²) in [5.41, 5.74) is 5.81. The molecule has 2 amide bonds. The van der Waals surface area contributed by atoms with Crippen LogP contribution in [0.25, 0.3) is 0 Å². The highest BCUT2D eigenvalue weighted by Gasteiger charge is 2.28. The second-order valence-electron chi connectivity index (χ2n) is 6.72. The highest BCUT2D eigenvalue weighted by atomic mass is 32.2. The van der Waals surface area contributed by atoms with Crippen molar-refractivity contribution in [2.75, 3.05) is 13.1 Å². The third kappa shape index (κ3) is 4.40. The minimum atomic E-state index is -3.66. The maximum atomic E-state index is 13.0. The van der Waals surface area contributed by atoms with Crippen LogP contribution < -0.4 is 10.9 Å². The van der Waals surface area contributed by atoms with E-state index < -0.39 is 21.8 Å². The topological polar surface area (TPSA) is 95.6 Å². The Balaban J connectivity index is 1.75. The molecule has 28 heavy (non-hydrogen) atoms. The number of sulfonamides is 1. The van der Waals surface area contributed by atoms with Gasteiger partial charge in [-0.2, -0.15) is 4.31 Å². The lowest BCUT2D eigenvalue weighted by molar-refractivity contribution is 0.0846. The third-order valence-electron chi connectivity index (χ3n) is 4.71. The molecule has 1 heterocycles. The van der Waals surface area contributed by atoms with E-state index in [1.54, 1.807) is 43.3 Å². The molecule has 2 aromatic carbocycles. The lowest BCUT2D eigenvalue weighted by Gasteiger charge is -2.26. The van der Waals surface area contributed by atoms with Gasteiger partial charge in [-0.15, -0.1) is 0 Å². The Kier molecular flexibility index (Phi) is 6.11. The fourth-order valence-electron chi connectivity index (χ4n) is 3.11. The van der Waals surface area contributed by atoms with Crippen molar-refractivity contribution in [2.24, 2.45) is 0 Å². The Morgan fingerprint density at radius 2 is 1.46 bits per heavy atom. The number of carbonyl (C=O) groups is 2. The van der Waals surface area contributed by atoms with E-state index in [0.717, 1.165) is 19.3 Å². The second-order valence-corrected chi connectivity index (χ2v) is 8.63. The molecular weight excluding hydrogens is 378 g/mol. The summed E-state index contributed by atoms with van der Waals surface area (Å²) in [6, 6.07) is 13.0. The molecule has 2 aromatic rings. The zero-order valence-electron chi connectivity index (χ0n) is 15.6. The van der Waals surface area contributed by atoms with Crippen molar-refractivity contribution in [1.29, 1.82) is 0 Å². The van der Waals surface area contributed by atoms with Gasteiger partial charge in [0.2, 0.25) is 10.0 Å². The Morgan fingerprint density at radius 1 is 0.857 bits per heavy atom. The van der Waals surface area contributed by atoms with Crippen LogP contribution in [0.3, 0.4) is 0 Å². The van der Waals surface area contributed by atoms with Gasteiger partial charge in [-0.1, -0.05) is 30.7 Å². The molecule has 0 spiro atoms. The molecule has 1 saturated heterocycles. The Bertz CT molecular complexity index is 968. The number of hydrogen-bond donors (Lipinski definition) is 2. The maximum Gasteiger partial charge on any atom is 0.269 e. The van der Waals surface area contributed by atoms with Gasteiger partial charge in [0, 0.05) is 24.2 Å². The van der Waals surface area contributed by atoms with E-state index in [1.807, 2.05) is 0 Å². The lowest BCUT2D eigenvalue weighted by Crippen LogP contribution is -2.41. The summed E-state index contributed by atoms with van der Waals surface area (Å²) in [7, 11) is -3.66. The molecule has 1 aliphatic heterocycles. The van der Waals surface area contributed by atoms with Crippen molar-refractivity contribution >= 4 is 21.8 Å². The molecule has 0 atom stereocenters. The molecule has 0 aliphatic carbocycles. The van der Waals surface area contributed by atoms with Crippen molar-refractivity contribution in [3.8, 4) is 0 Å². The van der Waals surface area contributed by atoms with Crippen molar-refractivity contribution < 1.29 is 18.0 Å². The first-order valence-electron chi connectivity index (χ1n) is 9.16. The number of carbonyl (C=O) groups excluding carboxylic acids is 2. The monoisotopic (exact) mass is 401 g/mol. The zero-order chi connectivity index (χ0) is 20.1. The summed E-state index contributed by atoms with van der Waals surface area (Å²) >= 11 is 0. The minimum Gasteiger partial charge on any atom is -0.267 e. The van der Waals surface area contributed by atoms with Gasteiger partial charge in [-0.25, -0.2) is 8.42 Å². The number of benzene rings is 2. The predicted molar refractivity (Wildman–Crippen MR) is 105 cm³/mol. The van der Waals surface area contributed by atoms with Crippen LogP contribution in [0.2, 0.25) is 0 Å². The number of amides is 2. The summed E-state index contributed by atoms with van der Waals surface area (Å²) < 4.78 is 27.4. The van der Waals surface area contributed by atoms with Crippen molar-refractivity contribution in [3.63, 3.8) is 0 Å². The molecule has 1 fully saturated rings. The molecule has 0 saturated carbocycles. The third-order valence-corrected chi connectivity index (χ3v) is 6.75. The number of nitrogens with one attached hydrogen (secondary N) is 2. The van der Waals surface area contributed by atoms with Crippen LogP contribution in [0, 0.1) is 6.92 Å². The molecule has 2 N–H and O–H groups in total. The number of piperidine rings is 1. The average molecular weight is 401 g/mol. The molecule has 148 valence electrons. The molecule has 1 aliphatic rings. The average Bonchev–Trinajstić information content (AvgIpc) is 2.73. The van der Waals surface area contributed by atoms with E-state index in [9.17, 15) is 18.0 Å². The van der Waals surface area contributed by atoms with Crippen LogP contribution in [0.1, 0.15) is 45.5 Å². The lowest BCUT2D eigenvalue weighted by atomic mass is 10.1. The van der Waals surface area contributed by atoms with Crippen LogP contribution in [0.15, 0.2) is 53.4 Å². The number of hydrogen-bond acceptors (Lipinski definition) is 4. The Hall–Kier alpha value is -2.71. The van der Waals surface area contributed by atoms with E-state index in [2.05, 4.69) is 10.9 Å². The number of hydrazine groups is 1. The van der Waals surface area contributed by atoms with E-state index in [0.29, 0.717) is 24.2 Å². The van der Waals surface area contributed by atoms with Gasteiger partial charge in [0.25, 0.3) is 11.8 Å². The second kappa shape index (κ2) is 8.53. The number of aryl methyl sites for hydroxylation is 1. The summed E-state index contributed by atoms with van der Waals surface area (Å²) in [5, 5.41) is 0. The normalized spacial score (nSPS) is 15.0. The minimum absolute atomic E-state index is 0.122. The molecule has 3 rings (SSSR count). The number of nitrogens with zero attached hydrogens (tertiary/aromatic N) is 1. The van der Waals surface area contributed by atoms with Gasteiger partial charge in [0.1, 0.15) is 0 Å². The molecule has 0 aromatic heterocycles.